The van der Waals surface area contributed by atoms with Crippen molar-refractivity contribution in [2.75, 3.05) is 5.75 Å². The number of allylic oxidation sites excluding steroid dienone is 5. The first kappa shape index (κ1) is 22.5. The van der Waals surface area contributed by atoms with E-state index in [1.54, 1.807) is 43.4 Å². The Morgan fingerprint density at radius 2 is 1.83 bits per heavy atom. The lowest BCUT2D eigenvalue weighted by atomic mass is 10.1. The Kier molecular flexibility index (Phi) is 6.65. The fourth-order valence-corrected chi connectivity index (χ4v) is 5.66. The number of ketones is 1. The second-order valence-corrected chi connectivity index (χ2v) is 10.00. The molecule has 2 aromatic rings. The molecule has 0 saturated carbocycles. The van der Waals surface area contributed by atoms with Gasteiger partial charge in [0.25, 0.3) is 0 Å². The van der Waals surface area contributed by atoms with E-state index in [0.717, 1.165) is 11.1 Å². The summed E-state index contributed by atoms with van der Waals surface area (Å²) in [5.41, 5.74) is 3.09. The summed E-state index contributed by atoms with van der Waals surface area (Å²) >= 11 is 12.0. The summed E-state index contributed by atoms with van der Waals surface area (Å²) in [4.78, 5) is 12.7. The highest BCUT2D eigenvalue weighted by Gasteiger charge is 2.23. The van der Waals surface area contributed by atoms with E-state index in [2.05, 4.69) is 0 Å². The fourth-order valence-electron chi connectivity index (χ4n) is 3.28. The highest BCUT2D eigenvalue weighted by molar-refractivity contribution is 7.91. The highest BCUT2D eigenvalue weighted by Crippen LogP contribution is 2.29. The molecule has 0 radical (unpaired) electrons. The lowest BCUT2D eigenvalue weighted by molar-refractivity contribution is -0.114. The van der Waals surface area contributed by atoms with Crippen LogP contribution in [0.25, 0.3) is 6.08 Å². The van der Waals surface area contributed by atoms with Gasteiger partial charge in [0.2, 0.25) is 0 Å². The van der Waals surface area contributed by atoms with Crippen molar-refractivity contribution in [1.29, 1.82) is 0 Å². The molecule has 3 nitrogen and oxygen atoms in total. The SMILES string of the molecule is CC1=CC(C(=O)CCS(=O)(=O)c2c(C)cccc2Cl)=C/C1=C\c1cc(F)cc(Cl)c1. The predicted molar refractivity (Wildman–Crippen MR) is 119 cm³/mol. The molecule has 0 unspecified atom stereocenters. The van der Waals surface area contributed by atoms with E-state index in [1.165, 1.54) is 18.2 Å². The van der Waals surface area contributed by atoms with Crippen molar-refractivity contribution in [3.8, 4) is 0 Å². The molecule has 1 aliphatic rings. The molecule has 0 fully saturated rings. The van der Waals surface area contributed by atoms with E-state index >= 15 is 0 Å². The van der Waals surface area contributed by atoms with E-state index in [9.17, 15) is 17.6 Å². The standard InChI is InChI=1S/C23H19Cl2FO3S/c1-14-4-3-5-21(25)23(14)30(28,29)7-6-22(27)18-8-15(2)17(12-18)9-16-10-19(24)13-20(26)11-16/h3-5,8-13H,6-7H2,1-2H3/b17-9+. The Hall–Kier alpha value is -2.21. The van der Waals surface area contributed by atoms with Crippen molar-refractivity contribution in [2.45, 2.75) is 25.2 Å². The number of carbonyl (C=O) groups excluding carboxylic acids is 1. The maximum absolute atomic E-state index is 13.5. The molecule has 7 heteroatoms. The lowest BCUT2D eigenvalue weighted by Gasteiger charge is -2.09. The summed E-state index contributed by atoms with van der Waals surface area (Å²) in [7, 11) is -3.70. The number of hydrogen-bond acceptors (Lipinski definition) is 3. The minimum absolute atomic E-state index is 0.0650. The Morgan fingerprint density at radius 1 is 1.10 bits per heavy atom. The summed E-state index contributed by atoms with van der Waals surface area (Å²) in [5, 5.41) is 0.430. The van der Waals surface area contributed by atoms with Crippen LogP contribution in [-0.2, 0) is 14.6 Å². The van der Waals surface area contributed by atoms with Crippen molar-refractivity contribution in [2.24, 2.45) is 0 Å². The minimum atomic E-state index is -3.70. The topological polar surface area (TPSA) is 51.2 Å². The van der Waals surface area contributed by atoms with Crippen molar-refractivity contribution in [3.05, 3.63) is 92.3 Å². The zero-order chi connectivity index (χ0) is 22.1. The van der Waals surface area contributed by atoms with Crippen LogP contribution in [0.15, 0.2) is 70.2 Å². The smallest absolute Gasteiger partial charge is 0.180 e. The van der Waals surface area contributed by atoms with Crippen molar-refractivity contribution in [3.63, 3.8) is 0 Å². The first-order valence-corrected chi connectivity index (χ1v) is 11.6. The molecular weight excluding hydrogens is 446 g/mol. The number of benzene rings is 2. The summed E-state index contributed by atoms with van der Waals surface area (Å²) in [6, 6.07) is 9.05. The van der Waals surface area contributed by atoms with Crippen LogP contribution < -0.4 is 0 Å². The Bertz CT molecular complexity index is 1180. The maximum atomic E-state index is 13.5. The molecule has 1 aliphatic carbocycles. The molecule has 0 atom stereocenters. The molecule has 0 amide bonds. The van der Waals surface area contributed by atoms with E-state index in [1.807, 2.05) is 6.92 Å². The third kappa shape index (κ3) is 5.09. The van der Waals surface area contributed by atoms with Crippen LogP contribution in [0.4, 0.5) is 4.39 Å². The van der Waals surface area contributed by atoms with E-state index in [4.69, 9.17) is 23.2 Å². The van der Waals surface area contributed by atoms with Gasteiger partial charge in [-0.15, -0.1) is 0 Å². The number of aryl methyl sites for hydroxylation is 1. The number of sulfone groups is 1. The number of rotatable bonds is 6. The van der Waals surface area contributed by atoms with Crippen LogP contribution in [0, 0.1) is 12.7 Å². The van der Waals surface area contributed by atoms with Crippen molar-refractivity contribution < 1.29 is 17.6 Å². The lowest BCUT2D eigenvalue weighted by Crippen LogP contribution is -2.13. The molecule has 0 N–H and O–H groups in total. The van der Waals surface area contributed by atoms with Gasteiger partial charge in [0.15, 0.2) is 15.6 Å². The number of hydrogen-bond donors (Lipinski definition) is 0. The van der Waals surface area contributed by atoms with Gasteiger partial charge in [-0.25, -0.2) is 12.8 Å². The average Bonchev–Trinajstić information content (AvgIpc) is 2.99. The maximum Gasteiger partial charge on any atom is 0.180 e. The number of halogens is 3. The van der Waals surface area contributed by atoms with Crippen LogP contribution in [0.5, 0.6) is 0 Å². The van der Waals surface area contributed by atoms with E-state index in [-0.39, 0.29) is 32.9 Å². The Balaban J connectivity index is 1.78. The van der Waals surface area contributed by atoms with E-state index in [0.29, 0.717) is 16.7 Å². The Labute approximate surface area is 185 Å². The summed E-state index contributed by atoms with van der Waals surface area (Å²) in [5.74, 6) is -1.07. The van der Waals surface area contributed by atoms with Gasteiger partial charge in [0, 0.05) is 17.0 Å². The highest BCUT2D eigenvalue weighted by atomic mass is 35.5. The van der Waals surface area contributed by atoms with Gasteiger partial charge < -0.3 is 0 Å². The summed E-state index contributed by atoms with van der Waals surface area (Å²) in [6.45, 7) is 3.50. The van der Waals surface area contributed by atoms with Crippen LogP contribution >= 0.6 is 23.2 Å². The minimum Gasteiger partial charge on any atom is -0.294 e. The summed E-state index contributed by atoms with van der Waals surface area (Å²) < 4.78 is 38.9. The third-order valence-electron chi connectivity index (χ3n) is 4.74. The molecule has 3 rings (SSSR count). The molecule has 0 aliphatic heterocycles. The molecule has 0 bridgehead atoms. The molecule has 156 valence electrons. The van der Waals surface area contributed by atoms with Gasteiger partial charge in [0.1, 0.15) is 5.82 Å². The largest absolute Gasteiger partial charge is 0.294 e. The molecule has 2 aromatic carbocycles. The molecule has 30 heavy (non-hydrogen) atoms. The van der Waals surface area contributed by atoms with Gasteiger partial charge in [0.05, 0.1) is 15.7 Å². The third-order valence-corrected chi connectivity index (χ3v) is 7.29. The van der Waals surface area contributed by atoms with Crippen LogP contribution in [-0.4, -0.2) is 20.0 Å². The van der Waals surface area contributed by atoms with Crippen molar-refractivity contribution in [1.82, 2.24) is 0 Å². The van der Waals surface area contributed by atoms with E-state index < -0.39 is 15.7 Å². The molecule has 0 spiro atoms. The number of Topliss-reactive ketones (excluding diaryl/α,β-unsaturated/α-hetero) is 1. The van der Waals surface area contributed by atoms with Gasteiger partial charge in [-0.1, -0.05) is 35.3 Å². The normalized spacial score (nSPS) is 15.3. The Morgan fingerprint density at radius 3 is 2.50 bits per heavy atom. The average molecular weight is 465 g/mol. The first-order valence-electron chi connectivity index (χ1n) is 9.16. The van der Waals surface area contributed by atoms with Gasteiger partial charge >= 0.3 is 0 Å². The molecule has 0 aromatic heterocycles. The van der Waals surface area contributed by atoms with Gasteiger partial charge in [-0.3, -0.25) is 4.79 Å². The van der Waals surface area contributed by atoms with Gasteiger partial charge in [-0.2, -0.15) is 0 Å². The second kappa shape index (κ2) is 8.88. The fraction of sp³-hybridized carbons (Fsp3) is 0.174. The molecular formula is C23H19Cl2FO3S. The molecule has 0 saturated heterocycles. The van der Waals surface area contributed by atoms with Crippen LogP contribution in [0.3, 0.4) is 0 Å². The zero-order valence-corrected chi connectivity index (χ0v) is 18.7. The molecule has 0 heterocycles. The van der Waals surface area contributed by atoms with Crippen LogP contribution in [0.2, 0.25) is 10.0 Å². The van der Waals surface area contributed by atoms with Gasteiger partial charge in [-0.05, 0) is 78.6 Å². The quantitative estimate of drug-likeness (QED) is 0.515. The zero-order valence-electron chi connectivity index (χ0n) is 16.4. The second-order valence-electron chi connectivity index (χ2n) is 7.11. The van der Waals surface area contributed by atoms with Crippen LogP contribution in [0.1, 0.15) is 24.5 Å². The summed E-state index contributed by atoms with van der Waals surface area (Å²) in [6.07, 6.45) is 4.93. The van der Waals surface area contributed by atoms with Crippen molar-refractivity contribution >= 4 is 44.9 Å². The number of carbonyl (C=O) groups is 1. The first-order chi connectivity index (χ1) is 14.1. The monoisotopic (exact) mass is 464 g/mol. The predicted octanol–water partition coefficient (Wildman–Crippen LogP) is 6.14.